The van der Waals surface area contributed by atoms with Crippen LogP contribution in [-0.4, -0.2) is 37.1 Å². The van der Waals surface area contributed by atoms with E-state index in [-0.39, 0.29) is 0 Å². The Bertz CT molecular complexity index is 217. The van der Waals surface area contributed by atoms with Crippen LogP contribution >= 0.6 is 0 Å². The van der Waals surface area contributed by atoms with E-state index in [1.54, 1.807) is 0 Å². The molecular weight excluding hydrogens is 220 g/mol. The highest BCUT2D eigenvalue weighted by Crippen LogP contribution is 2.26. The molecule has 1 heterocycles. The van der Waals surface area contributed by atoms with Crippen LogP contribution < -0.4 is 5.32 Å². The molecule has 0 aromatic carbocycles. The highest BCUT2D eigenvalue weighted by atomic mass is 15.1. The van der Waals surface area contributed by atoms with Gasteiger partial charge in [0.2, 0.25) is 0 Å². The number of rotatable bonds is 6. The third kappa shape index (κ3) is 4.55. The molecule has 1 N–H and O–H groups in total. The predicted molar refractivity (Wildman–Crippen MR) is 78.9 cm³/mol. The minimum absolute atomic E-state index is 0.728. The van der Waals surface area contributed by atoms with E-state index < -0.39 is 0 Å². The Morgan fingerprint density at radius 1 is 1.00 bits per heavy atom. The van der Waals surface area contributed by atoms with E-state index in [9.17, 15) is 0 Å². The van der Waals surface area contributed by atoms with E-state index in [1.807, 2.05) is 0 Å². The van der Waals surface area contributed by atoms with Crippen molar-refractivity contribution in [3.63, 3.8) is 0 Å². The summed E-state index contributed by atoms with van der Waals surface area (Å²) in [6, 6.07) is 0.728. The van der Waals surface area contributed by atoms with Gasteiger partial charge in [-0.05, 0) is 64.1 Å². The molecule has 0 spiro atoms. The van der Waals surface area contributed by atoms with E-state index in [4.69, 9.17) is 0 Å². The fourth-order valence-corrected chi connectivity index (χ4v) is 3.66. The molecule has 2 heteroatoms. The number of nitrogens with zero attached hydrogens (tertiary/aromatic N) is 1. The average Bonchev–Trinajstić information content (AvgIpc) is 2.90. The largest absolute Gasteiger partial charge is 0.314 e. The van der Waals surface area contributed by atoms with Crippen molar-refractivity contribution in [1.29, 1.82) is 0 Å². The molecule has 18 heavy (non-hydrogen) atoms. The Hall–Kier alpha value is -0.0800. The van der Waals surface area contributed by atoms with Crippen molar-refractivity contribution in [1.82, 2.24) is 10.2 Å². The molecule has 2 nitrogen and oxygen atoms in total. The Morgan fingerprint density at radius 3 is 2.33 bits per heavy atom. The average molecular weight is 252 g/mol. The Labute approximate surface area is 114 Å². The Morgan fingerprint density at radius 2 is 1.67 bits per heavy atom. The molecule has 1 saturated heterocycles. The molecule has 106 valence electrons. The zero-order valence-electron chi connectivity index (χ0n) is 12.5. The molecule has 1 aliphatic carbocycles. The third-order valence-electron chi connectivity index (χ3n) is 4.91. The quantitative estimate of drug-likeness (QED) is 0.780. The summed E-state index contributed by atoms with van der Waals surface area (Å²) in [5.41, 5.74) is 0. The van der Waals surface area contributed by atoms with E-state index in [0.29, 0.717) is 0 Å². The lowest BCUT2D eigenvalue weighted by molar-refractivity contribution is 0.248. The van der Waals surface area contributed by atoms with E-state index >= 15 is 0 Å². The zero-order valence-corrected chi connectivity index (χ0v) is 12.5. The molecule has 0 aromatic heterocycles. The molecule has 1 aliphatic heterocycles. The van der Waals surface area contributed by atoms with Crippen molar-refractivity contribution in [3.05, 3.63) is 0 Å². The minimum atomic E-state index is 0.728. The van der Waals surface area contributed by atoms with Gasteiger partial charge in [-0.3, -0.25) is 0 Å². The third-order valence-corrected chi connectivity index (χ3v) is 4.91. The van der Waals surface area contributed by atoms with Crippen LogP contribution in [0.15, 0.2) is 0 Å². The summed E-state index contributed by atoms with van der Waals surface area (Å²) < 4.78 is 0. The SMILES string of the molecule is CC(CNC(C)C1CCCCC1)CN1CCCC1. The maximum absolute atomic E-state index is 3.80. The van der Waals surface area contributed by atoms with Gasteiger partial charge in [0.05, 0.1) is 0 Å². The van der Waals surface area contributed by atoms with Crippen molar-refractivity contribution < 1.29 is 0 Å². The molecule has 2 unspecified atom stereocenters. The number of nitrogens with one attached hydrogen (secondary N) is 1. The van der Waals surface area contributed by atoms with Gasteiger partial charge in [-0.1, -0.05) is 26.2 Å². The molecule has 2 aliphatic rings. The molecule has 0 radical (unpaired) electrons. The lowest BCUT2D eigenvalue weighted by atomic mass is 9.84. The second-order valence-corrected chi connectivity index (χ2v) is 6.71. The summed E-state index contributed by atoms with van der Waals surface area (Å²) >= 11 is 0. The monoisotopic (exact) mass is 252 g/mol. The van der Waals surface area contributed by atoms with Crippen molar-refractivity contribution in [3.8, 4) is 0 Å². The first-order chi connectivity index (χ1) is 8.75. The molecule has 0 aromatic rings. The normalized spacial score (nSPS) is 26.3. The first kappa shape index (κ1) is 14.3. The highest BCUT2D eigenvalue weighted by Gasteiger charge is 2.20. The number of hydrogen-bond donors (Lipinski definition) is 1. The Balaban J connectivity index is 1.60. The zero-order chi connectivity index (χ0) is 12.8. The lowest BCUT2D eigenvalue weighted by Crippen LogP contribution is -2.39. The molecule has 2 fully saturated rings. The molecular formula is C16H32N2. The van der Waals surface area contributed by atoms with Gasteiger partial charge in [-0.2, -0.15) is 0 Å². The van der Waals surface area contributed by atoms with Gasteiger partial charge < -0.3 is 10.2 Å². The van der Waals surface area contributed by atoms with Crippen LogP contribution in [0.2, 0.25) is 0 Å². The summed E-state index contributed by atoms with van der Waals surface area (Å²) in [4.78, 5) is 2.64. The van der Waals surface area contributed by atoms with Gasteiger partial charge in [0, 0.05) is 12.6 Å². The summed E-state index contributed by atoms with van der Waals surface area (Å²) in [6.45, 7) is 9.97. The van der Waals surface area contributed by atoms with Gasteiger partial charge >= 0.3 is 0 Å². The van der Waals surface area contributed by atoms with Crippen LogP contribution in [0.1, 0.15) is 58.8 Å². The lowest BCUT2D eigenvalue weighted by Gasteiger charge is -2.30. The first-order valence-electron chi connectivity index (χ1n) is 8.21. The smallest absolute Gasteiger partial charge is 0.00671 e. The maximum Gasteiger partial charge on any atom is 0.00671 e. The molecule has 0 bridgehead atoms. The van der Waals surface area contributed by atoms with Crippen LogP contribution in [-0.2, 0) is 0 Å². The second kappa shape index (κ2) is 7.49. The molecule has 2 rings (SSSR count). The standard InChI is InChI=1S/C16H32N2/c1-14(13-18-10-6-7-11-18)12-17-15(2)16-8-4-3-5-9-16/h14-17H,3-13H2,1-2H3. The summed E-state index contributed by atoms with van der Waals surface area (Å²) in [7, 11) is 0. The fourth-order valence-electron chi connectivity index (χ4n) is 3.66. The van der Waals surface area contributed by atoms with Crippen LogP contribution in [0.25, 0.3) is 0 Å². The van der Waals surface area contributed by atoms with Crippen molar-refractivity contribution in [2.45, 2.75) is 64.8 Å². The first-order valence-corrected chi connectivity index (χ1v) is 8.21. The van der Waals surface area contributed by atoms with Gasteiger partial charge in [-0.25, -0.2) is 0 Å². The molecule has 0 amide bonds. The summed E-state index contributed by atoms with van der Waals surface area (Å²) in [5.74, 6) is 1.74. The van der Waals surface area contributed by atoms with Crippen LogP contribution in [0, 0.1) is 11.8 Å². The predicted octanol–water partition coefficient (Wildman–Crippen LogP) is 3.28. The minimum Gasteiger partial charge on any atom is -0.314 e. The van der Waals surface area contributed by atoms with E-state index in [0.717, 1.165) is 17.9 Å². The van der Waals surface area contributed by atoms with Crippen molar-refractivity contribution in [2.24, 2.45) is 11.8 Å². The van der Waals surface area contributed by atoms with Crippen LogP contribution in [0.5, 0.6) is 0 Å². The number of likely N-dealkylation sites (tertiary alicyclic amines) is 1. The molecule has 1 saturated carbocycles. The topological polar surface area (TPSA) is 15.3 Å². The van der Waals surface area contributed by atoms with Gasteiger partial charge in [0.25, 0.3) is 0 Å². The summed E-state index contributed by atoms with van der Waals surface area (Å²) in [6.07, 6.45) is 10.1. The van der Waals surface area contributed by atoms with Gasteiger partial charge in [0.15, 0.2) is 0 Å². The number of hydrogen-bond acceptors (Lipinski definition) is 2. The van der Waals surface area contributed by atoms with Crippen molar-refractivity contribution >= 4 is 0 Å². The maximum atomic E-state index is 3.80. The fraction of sp³-hybridized carbons (Fsp3) is 1.00. The van der Waals surface area contributed by atoms with E-state index in [2.05, 4.69) is 24.1 Å². The van der Waals surface area contributed by atoms with Gasteiger partial charge in [-0.15, -0.1) is 0 Å². The Kier molecular flexibility index (Phi) is 5.97. The van der Waals surface area contributed by atoms with Crippen molar-refractivity contribution in [2.75, 3.05) is 26.2 Å². The highest BCUT2D eigenvalue weighted by molar-refractivity contribution is 4.77. The summed E-state index contributed by atoms with van der Waals surface area (Å²) in [5, 5.41) is 3.80. The van der Waals surface area contributed by atoms with Crippen LogP contribution in [0.3, 0.4) is 0 Å². The second-order valence-electron chi connectivity index (χ2n) is 6.71. The molecule has 2 atom stereocenters. The van der Waals surface area contributed by atoms with Gasteiger partial charge in [0.1, 0.15) is 0 Å². The van der Waals surface area contributed by atoms with E-state index in [1.165, 1.54) is 71.1 Å². The van der Waals surface area contributed by atoms with Crippen LogP contribution in [0.4, 0.5) is 0 Å².